The van der Waals surface area contributed by atoms with Gasteiger partial charge >= 0.3 is 5.63 Å². The lowest BCUT2D eigenvalue weighted by molar-refractivity contribution is 0.0999. The highest BCUT2D eigenvalue weighted by atomic mass is 19.1. The molecule has 2 N–H and O–H groups in total. The van der Waals surface area contributed by atoms with Crippen LogP contribution in [-0.4, -0.2) is 11.8 Å². The average Bonchev–Trinajstić information content (AvgIpc) is 3.17. The highest BCUT2D eigenvalue weighted by Crippen LogP contribution is 2.32. The van der Waals surface area contributed by atoms with Crippen LogP contribution in [0.2, 0.25) is 0 Å². The number of benzene rings is 3. The van der Waals surface area contributed by atoms with Gasteiger partial charge in [-0.2, -0.15) is 0 Å². The van der Waals surface area contributed by atoms with Gasteiger partial charge < -0.3 is 19.5 Å². The summed E-state index contributed by atoms with van der Waals surface area (Å²) in [6, 6.07) is 20.3. The SMILES string of the molecule is O=C(Nc1cccc(F)c1)c1oc2ccccc2c1NC(=O)c1cc2ccccc2oc1=O. The van der Waals surface area contributed by atoms with E-state index in [1.54, 1.807) is 48.5 Å². The summed E-state index contributed by atoms with van der Waals surface area (Å²) in [4.78, 5) is 38.3. The lowest BCUT2D eigenvalue weighted by Gasteiger charge is -2.07. The summed E-state index contributed by atoms with van der Waals surface area (Å²) in [5.41, 5.74) is -0.0455. The van der Waals surface area contributed by atoms with Gasteiger partial charge in [-0.05, 0) is 42.5 Å². The molecule has 0 saturated heterocycles. The molecule has 0 unspecified atom stereocenters. The monoisotopic (exact) mass is 442 g/mol. The summed E-state index contributed by atoms with van der Waals surface area (Å²) in [6.07, 6.45) is 0. The van der Waals surface area contributed by atoms with Crippen LogP contribution in [0.4, 0.5) is 15.8 Å². The van der Waals surface area contributed by atoms with Crippen LogP contribution in [0.5, 0.6) is 0 Å². The van der Waals surface area contributed by atoms with Crippen molar-refractivity contribution in [1.82, 2.24) is 0 Å². The van der Waals surface area contributed by atoms with Gasteiger partial charge in [0, 0.05) is 16.5 Å². The zero-order chi connectivity index (χ0) is 22.9. The average molecular weight is 442 g/mol. The number of carbonyl (C=O) groups is 2. The van der Waals surface area contributed by atoms with Crippen molar-refractivity contribution >= 4 is 45.1 Å². The van der Waals surface area contributed by atoms with Crippen LogP contribution in [0.25, 0.3) is 21.9 Å². The Labute approximate surface area is 185 Å². The molecule has 0 spiro atoms. The van der Waals surface area contributed by atoms with Gasteiger partial charge in [-0.15, -0.1) is 0 Å². The van der Waals surface area contributed by atoms with Crippen molar-refractivity contribution in [2.75, 3.05) is 10.6 Å². The Morgan fingerprint density at radius 1 is 0.758 bits per heavy atom. The molecular formula is C25H15FN2O5. The first-order chi connectivity index (χ1) is 16.0. The van der Waals surface area contributed by atoms with E-state index in [-0.39, 0.29) is 22.7 Å². The van der Waals surface area contributed by atoms with E-state index in [0.717, 1.165) is 6.07 Å². The van der Waals surface area contributed by atoms with Crippen LogP contribution in [0, 0.1) is 5.82 Å². The molecule has 0 radical (unpaired) electrons. The fourth-order valence-corrected chi connectivity index (χ4v) is 3.48. The topological polar surface area (TPSA) is 102 Å². The molecule has 0 bridgehead atoms. The number of para-hydroxylation sites is 2. The Morgan fingerprint density at radius 2 is 1.52 bits per heavy atom. The molecule has 2 heterocycles. The van der Waals surface area contributed by atoms with E-state index in [1.165, 1.54) is 24.3 Å². The first-order valence-electron chi connectivity index (χ1n) is 9.92. The molecule has 162 valence electrons. The van der Waals surface area contributed by atoms with Crippen molar-refractivity contribution in [3.8, 4) is 0 Å². The molecular weight excluding hydrogens is 427 g/mol. The Balaban J connectivity index is 1.54. The van der Waals surface area contributed by atoms with Crippen molar-refractivity contribution in [3.05, 3.63) is 106 Å². The second-order valence-electron chi connectivity index (χ2n) is 7.21. The molecule has 7 nitrogen and oxygen atoms in total. The summed E-state index contributed by atoms with van der Waals surface area (Å²) >= 11 is 0. The second-order valence-corrected chi connectivity index (χ2v) is 7.21. The first kappa shape index (κ1) is 20.2. The van der Waals surface area contributed by atoms with Crippen molar-refractivity contribution in [3.63, 3.8) is 0 Å². The molecule has 8 heteroatoms. The van der Waals surface area contributed by atoms with Crippen LogP contribution >= 0.6 is 0 Å². The molecule has 0 saturated carbocycles. The Morgan fingerprint density at radius 3 is 2.33 bits per heavy atom. The first-order valence-corrected chi connectivity index (χ1v) is 9.92. The lowest BCUT2D eigenvalue weighted by Crippen LogP contribution is -2.22. The van der Waals surface area contributed by atoms with Gasteiger partial charge in [0.2, 0.25) is 5.76 Å². The number of fused-ring (bicyclic) bond motifs is 2. The number of rotatable bonds is 4. The van der Waals surface area contributed by atoms with Crippen molar-refractivity contribution in [1.29, 1.82) is 0 Å². The smallest absolute Gasteiger partial charge is 0.349 e. The predicted molar refractivity (Wildman–Crippen MR) is 121 cm³/mol. The highest BCUT2D eigenvalue weighted by Gasteiger charge is 2.24. The maximum atomic E-state index is 13.5. The quantitative estimate of drug-likeness (QED) is 0.373. The van der Waals surface area contributed by atoms with Crippen molar-refractivity contribution in [2.45, 2.75) is 0 Å². The molecule has 0 aliphatic carbocycles. The zero-order valence-electron chi connectivity index (χ0n) is 16.9. The van der Waals surface area contributed by atoms with Crippen LogP contribution in [0.3, 0.4) is 0 Å². The summed E-state index contributed by atoms with van der Waals surface area (Å²) in [5.74, 6) is -2.17. The Hall–Kier alpha value is -4.72. The maximum absolute atomic E-state index is 13.5. The minimum absolute atomic E-state index is 0.0806. The summed E-state index contributed by atoms with van der Waals surface area (Å²) in [5, 5.41) is 6.18. The van der Waals surface area contributed by atoms with Crippen molar-refractivity contribution < 1.29 is 22.8 Å². The minimum atomic E-state index is -0.815. The molecule has 0 aliphatic rings. The van der Waals surface area contributed by atoms with Crippen LogP contribution in [0.15, 0.2) is 92.5 Å². The zero-order valence-corrected chi connectivity index (χ0v) is 16.9. The Kier molecular flexibility index (Phi) is 4.95. The highest BCUT2D eigenvalue weighted by molar-refractivity contribution is 6.17. The third-order valence-corrected chi connectivity index (χ3v) is 5.01. The van der Waals surface area contributed by atoms with E-state index >= 15 is 0 Å². The molecule has 0 aliphatic heterocycles. The van der Waals surface area contributed by atoms with E-state index in [0.29, 0.717) is 21.9 Å². The van der Waals surface area contributed by atoms with Gasteiger partial charge in [-0.25, -0.2) is 9.18 Å². The minimum Gasteiger partial charge on any atom is -0.449 e. The second kappa shape index (κ2) is 8.08. The fraction of sp³-hybridized carbons (Fsp3) is 0. The van der Waals surface area contributed by atoms with Gasteiger partial charge in [0.25, 0.3) is 11.8 Å². The molecule has 3 aromatic carbocycles. The number of halogens is 1. The number of nitrogens with one attached hydrogen (secondary N) is 2. The summed E-state index contributed by atoms with van der Waals surface area (Å²) < 4.78 is 24.4. The molecule has 5 aromatic rings. The largest absolute Gasteiger partial charge is 0.449 e. The van der Waals surface area contributed by atoms with E-state index in [9.17, 15) is 18.8 Å². The lowest BCUT2D eigenvalue weighted by atomic mass is 10.1. The number of anilines is 2. The van der Waals surface area contributed by atoms with Crippen LogP contribution in [-0.2, 0) is 0 Å². The molecule has 0 atom stereocenters. The number of amides is 2. The standard InChI is InChI=1S/C25H15FN2O5/c26-15-7-5-8-16(13-15)27-24(30)22-21(17-9-2-4-11-20(17)32-22)28-23(29)18-12-14-6-1-3-10-19(14)33-25(18)31/h1-13H,(H,27,30)(H,28,29). The molecule has 2 aromatic heterocycles. The van der Waals surface area contributed by atoms with Gasteiger partial charge in [0.1, 0.15) is 28.2 Å². The third-order valence-electron chi connectivity index (χ3n) is 5.01. The number of carbonyl (C=O) groups excluding carboxylic acids is 2. The third kappa shape index (κ3) is 3.85. The molecule has 5 rings (SSSR count). The maximum Gasteiger partial charge on any atom is 0.349 e. The van der Waals surface area contributed by atoms with E-state index in [1.807, 2.05) is 0 Å². The van der Waals surface area contributed by atoms with E-state index in [4.69, 9.17) is 8.83 Å². The molecule has 0 fully saturated rings. The fourth-order valence-electron chi connectivity index (χ4n) is 3.48. The summed E-state index contributed by atoms with van der Waals surface area (Å²) in [7, 11) is 0. The number of hydrogen-bond acceptors (Lipinski definition) is 5. The van der Waals surface area contributed by atoms with Gasteiger partial charge in [-0.3, -0.25) is 9.59 Å². The predicted octanol–water partition coefficient (Wildman–Crippen LogP) is 5.18. The summed E-state index contributed by atoms with van der Waals surface area (Å²) in [6.45, 7) is 0. The number of furan rings is 1. The molecule has 33 heavy (non-hydrogen) atoms. The van der Waals surface area contributed by atoms with Gasteiger partial charge in [0.15, 0.2) is 0 Å². The molecule has 2 amide bonds. The van der Waals surface area contributed by atoms with E-state index in [2.05, 4.69) is 10.6 Å². The van der Waals surface area contributed by atoms with E-state index < -0.39 is 23.3 Å². The van der Waals surface area contributed by atoms with Gasteiger partial charge in [0.05, 0.1) is 0 Å². The Bertz CT molecular complexity index is 1600. The van der Waals surface area contributed by atoms with Crippen LogP contribution < -0.4 is 16.3 Å². The van der Waals surface area contributed by atoms with Crippen LogP contribution in [0.1, 0.15) is 20.9 Å². The normalized spacial score (nSPS) is 10.9. The van der Waals surface area contributed by atoms with Gasteiger partial charge in [-0.1, -0.05) is 36.4 Å². The number of hydrogen-bond donors (Lipinski definition) is 2. The van der Waals surface area contributed by atoms with Crippen molar-refractivity contribution in [2.24, 2.45) is 0 Å².